The number of hydrogen-bond donors (Lipinski definition) is 1. The third kappa shape index (κ3) is 3.93. The summed E-state index contributed by atoms with van der Waals surface area (Å²) in [4.78, 5) is 13.7. The lowest BCUT2D eigenvalue weighted by Gasteiger charge is -2.17. The molecular formula is C16H18F3N5. The molecule has 0 amide bonds. The summed E-state index contributed by atoms with van der Waals surface area (Å²) in [5, 5.41) is 3.28. The molecule has 0 saturated carbocycles. The Bertz CT molecular complexity index is 704. The van der Waals surface area contributed by atoms with Crippen molar-refractivity contribution < 1.29 is 13.2 Å². The number of anilines is 2. The van der Waals surface area contributed by atoms with Crippen LogP contribution >= 0.6 is 0 Å². The highest BCUT2D eigenvalue weighted by Gasteiger charge is 2.34. The summed E-state index contributed by atoms with van der Waals surface area (Å²) >= 11 is 0. The zero-order chi connectivity index (χ0) is 17.2. The van der Waals surface area contributed by atoms with Gasteiger partial charge < -0.3 is 10.2 Å². The fourth-order valence-electron chi connectivity index (χ4n) is 2.72. The van der Waals surface area contributed by atoms with Crippen LogP contribution in [0.15, 0.2) is 30.6 Å². The summed E-state index contributed by atoms with van der Waals surface area (Å²) < 4.78 is 38.2. The first-order valence-electron chi connectivity index (χ1n) is 7.73. The SMILES string of the molecule is Cc1ccnc(NCC2CCN(c3nccc(C(F)(F)F)n3)C2)c1. The predicted molar refractivity (Wildman–Crippen MR) is 84.8 cm³/mol. The molecule has 24 heavy (non-hydrogen) atoms. The van der Waals surface area contributed by atoms with Crippen LogP contribution in [0.3, 0.4) is 0 Å². The first kappa shape index (κ1) is 16.5. The molecule has 0 bridgehead atoms. The molecule has 0 aliphatic carbocycles. The first-order valence-corrected chi connectivity index (χ1v) is 7.73. The van der Waals surface area contributed by atoms with E-state index < -0.39 is 11.9 Å². The predicted octanol–water partition coefficient (Wildman–Crippen LogP) is 3.14. The maximum absolute atomic E-state index is 12.7. The van der Waals surface area contributed by atoms with E-state index >= 15 is 0 Å². The van der Waals surface area contributed by atoms with Crippen molar-refractivity contribution in [2.24, 2.45) is 5.92 Å². The van der Waals surface area contributed by atoms with Crippen LogP contribution < -0.4 is 10.2 Å². The number of aryl methyl sites for hydroxylation is 1. The largest absolute Gasteiger partial charge is 0.433 e. The van der Waals surface area contributed by atoms with Crippen LogP contribution in [0.2, 0.25) is 0 Å². The summed E-state index contributed by atoms with van der Waals surface area (Å²) in [6.07, 6.45) is -0.671. The quantitative estimate of drug-likeness (QED) is 0.929. The molecule has 0 spiro atoms. The molecule has 2 aromatic rings. The fourth-order valence-corrected chi connectivity index (χ4v) is 2.72. The molecule has 1 atom stereocenters. The molecule has 0 aromatic carbocycles. The van der Waals surface area contributed by atoms with Crippen LogP contribution in [0.4, 0.5) is 24.9 Å². The van der Waals surface area contributed by atoms with E-state index in [0.29, 0.717) is 25.6 Å². The molecule has 5 nitrogen and oxygen atoms in total. The average molecular weight is 337 g/mol. The third-order valence-electron chi connectivity index (χ3n) is 3.99. The van der Waals surface area contributed by atoms with Gasteiger partial charge in [0.15, 0.2) is 0 Å². The molecule has 1 fully saturated rings. The Morgan fingerprint density at radius 1 is 1.25 bits per heavy atom. The molecule has 2 aromatic heterocycles. The van der Waals surface area contributed by atoms with E-state index in [1.54, 1.807) is 11.1 Å². The maximum atomic E-state index is 12.7. The molecule has 8 heteroatoms. The number of nitrogens with zero attached hydrogens (tertiary/aromatic N) is 4. The van der Waals surface area contributed by atoms with Gasteiger partial charge in [-0.25, -0.2) is 15.0 Å². The topological polar surface area (TPSA) is 53.9 Å². The molecule has 1 unspecified atom stereocenters. The number of nitrogens with one attached hydrogen (secondary N) is 1. The number of pyridine rings is 1. The first-order chi connectivity index (χ1) is 11.4. The Hall–Kier alpha value is -2.38. The van der Waals surface area contributed by atoms with Crippen LogP contribution in [0.5, 0.6) is 0 Å². The second kappa shape index (κ2) is 6.62. The monoisotopic (exact) mass is 337 g/mol. The van der Waals surface area contributed by atoms with Gasteiger partial charge in [-0.3, -0.25) is 0 Å². The number of halogens is 3. The second-order valence-electron chi connectivity index (χ2n) is 5.94. The summed E-state index contributed by atoms with van der Waals surface area (Å²) in [7, 11) is 0. The Kier molecular flexibility index (Phi) is 4.55. The molecular weight excluding hydrogens is 319 g/mol. The fraction of sp³-hybridized carbons (Fsp3) is 0.438. The number of aromatic nitrogens is 3. The Morgan fingerprint density at radius 3 is 2.79 bits per heavy atom. The van der Waals surface area contributed by atoms with Gasteiger partial charge >= 0.3 is 6.18 Å². The zero-order valence-electron chi connectivity index (χ0n) is 13.2. The average Bonchev–Trinajstić information content (AvgIpc) is 3.01. The Labute approximate surface area is 138 Å². The van der Waals surface area contributed by atoms with Crippen molar-refractivity contribution >= 4 is 11.8 Å². The van der Waals surface area contributed by atoms with E-state index in [0.717, 1.165) is 30.1 Å². The van der Waals surface area contributed by atoms with E-state index in [1.165, 1.54) is 0 Å². The van der Waals surface area contributed by atoms with Crippen molar-refractivity contribution in [2.45, 2.75) is 19.5 Å². The molecule has 3 heterocycles. The summed E-state index contributed by atoms with van der Waals surface area (Å²) in [5.41, 5.74) is 0.218. The maximum Gasteiger partial charge on any atom is 0.433 e. The van der Waals surface area contributed by atoms with Crippen molar-refractivity contribution in [1.29, 1.82) is 0 Å². The Balaban J connectivity index is 1.59. The van der Waals surface area contributed by atoms with E-state index in [9.17, 15) is 13.2 Å². The smallest absolute Gasteiger partial charge is 0.370 e. The summed E-state index contributed by atoms with van der Waals surface area (Å²) in [6.45, 7) is 3.98. The minimum Gasteiger partial charge on any atom is -0.370 e. The van der Waals surface area contributed by atoms with Gasteiger partial charge in [-0.15, -0.1) is 0 Å². The molecule has 1 saturated heterocycles. The Morgan fingerprint density at radius 2 is 2.04 bits per heavy atom. The molecule has 1 N–H and O–H groups in total. The third-order valence-corrected chi connectivity index (χ3v) is 3.99. The van der Waals surface area contributed by atoms with Crippen molar-refractivity contribution in [1.82, 2.24) is 15.0 Å². The van der Waals surface area contributed by atoms with Crippen LogP contribution in [0.1, 0.15) is 17.7 Å². The number of rotatable bonds is 4. The van der Waals surface area contributed by atoms with Crippen LogP contribution in [-0.2, 0) is 6.18 Å². The molecule has 1 aliphatic rings. The van der Waals surface area contributed by atoms with E-state index in [-0.39, 0.29) is 5.95 Å². The van der Waals surface area contributed by atoms with Crippen molar-refractivity contribution in [2.75, 3.05) is 29.9 Å². The lowest BCUT2D eigenvalue weighted by Crippen LogP contribution is -2.25. The molecule has 128 valence electrons. The van der Waals surface area contributed by atoms with Gasteiger partial charge in [0.1, 0.15) is 11.5 Å². The van der Waals surface area contributed by atoms with Crippen molar-refractivity contribution in [3.05, 3.63) is 41.9 Å². The standard InChI is InChI=1S/C16H18F3N5/c1-11-2-5-20-14(8-11)22-9-12-4-7-24(10-12)15-21-6-3-13(23-15)16(17,18)19/h2-3,5-6,8,12H,4,7,9-10H2,1H3,(H,20,22). The van der Waals surface area contributed by atoms with E-state index in [2.05, 4.69) is 20.3 Å². The van der Waals surface area contributed by atoms with Gasteiger partial charge in [-0.1, -0.05) is 0 Å². The normalized spacial score (nSPS) is 18.0. The van der Waals surface area contributed by atoms with Gasteiger partial charge in [-0.05, 0) is 43.0 Å². The van der Waals surface area contributed by atoms with Crippen LogP contribution in [0, 0.1) is 12.8 Å². The molecule has 3 rings (SSSR count). The number of hydrogen-bond acceptors (Lipinski definition) is 5. The van der Waals surface area contributed by atoms with Gasteiger partial charge in [0.05, 0.1) is 0 Å². The molecule has 1 aliphatic heterocycles. The minimum absolute atomic E-state index is 0.140. The highest BCUT2D eigenvalue weighted by Crippen LogP contribution is 2.29. The summed E-state index contributed by atoms with van der Waals surface area (Å²) in [5.74, 6) is 1.26. The lowest BCUT2D eigenvalue weighted by molar-refractivity contribution is -0.141. The van der Waals surface area contributed by atoms with Gasteiger partial charge in [0.2, 0.25) is 5.95 Å². The van der Waals surface area contributed by atoms with Crippen molar-refractivity contribution in [3.8, 4) is 0 Å². The van der Waals surface area contributed by atoms with Gasteiger partial charge in [0.25, 0.3) is 0 Å². The zero-order valence-corrected chi connectivity index (χ0v) is 13.2. The summed E-state index contributed by atoms with van der Waals surface area (Å²) in [6, 6.07) is 4.78. The highest BCUT2D eigenvalue weighted by atomic mass is 19.4. The van der Waals surface area contributed by atoms with Gasteiger partial charge in [0, 0.05) is 32.0 Å². The van der Waals surface area contributed by atoms with Crippen molar-refractivity contribution in [3.63, 3.8) is 0 Å². The van der Waals surface area contributed by atoms with E-state index in [4.69, 9.17) is 0 Å². The lowest BCUT2D eigenvalue weighted by atomic mass is 10.1. The van der Waals surface area contributed by atoms with Gasteiger partial charge in [-0.2, -0.15) is 13.2 Å². The second-order valence-corrected chi connectivity index (χ2v) is 5.94. The van der Waals surface area contributed by atoms with E-state index in [1.807, 2.05) is 19.1 Å². The van der Waals surface area contributed by atoms with Crippen LogP contribution in [-0.4, -0.2) is 34.6 Å². The highest BCUT2D eigenvalue weighted by molar-refractivity contribution is 5.38. The number of alkyl halides is 3. The molecule has 0 radical (unpaired) electrons. The van der Waals surface area contributed by atoms with Crippen LogP contribution in [0.25, 0.3) is 0 Å². The minimum atomic E-state index is -4.45.